The van der Waals surface area contributed by atoms with Crippen LogP contribution in [0.15, 0.2) is 132 Å². The van der Waals surface area contributed by atoms with Gasteiger partial charge in [0, 0.05) is 19.1 Å². The van der Waals surface area contributed by atoms with Crippen molar-refractivity contribution in [2.75, 3.05) is 0 Å². The number of carbonyl (C=O) groups excluding carboxylic acids is 3. The van der Waals surface area contributed by atoms with Gasteiger partial charge in [0.15, 0.2) is 6.10 Å². The summed E-state index contributed by atoms with van der Waals surface area (Å²) in [6.45, 7) is 1.10. The molecule has 1 aliphatic rings. The Morgan fingerprint density at radius 3 is 1.88 bits per heavy atom. The predicted octanol–water partition coefficient (Wildman–Crippen LogP) is 6.95. The van der Waals surface area contributed by atoms with E-state index in [0.717, 1.165) is 16.7 Å². The number of amides is 1. The Bertz CT molecular complexity index is 1820. The van der Waals surface area contributed by atoms with Crippen LogP contribution in [-0.4, -0.2) is 28.1 Å². The van der Waals surface area contributed by atoms with Crippen molar-refractivity contribution in [2.24, 2.45) is 5.92 Å². The van der Waals surface area contributed by atoms with Crippen molar-refractivity contribution in [1.29, 1.82) is 0 Å². The van der Waals surface area contributed by atoms with Gasteiger partial charge in [-0.2, -0.15) is 0 Å². The number of β-lactam (4-membered cyclic amide) rings is 1. The highest BCUT2D eigenvalue weighted by Gasteiger charge is 2.53. The van der Waals surface area contributed by atoms with Crippen molar-refractivity contribution in [2.45, 2.75) is 29.8 Å². The molecule has 1 amide bonds. The van der Waals surface area contributed by atoms with Gasteiger partial charge in [-0.15, -0.1) is 11.8 Å². The predicted molar refractivity (Wildman–Crippen MR) is 178 cm³/mol. The van der Waals surface area contributed by atoms with Crippen LogP contribution in [0, 0.1) is 16.0 Å². The topological polar surface area (TPSA) is 138 Å². The van der Waals surface area contributed by atoms with Gasteiger partial charge in [-0.3, -0.25) is 19.7 Å². The molecule has 6 rings (SSSR count). The number of furan rings is 1. The summed E-state index contributed by atoms with van der Waals surface area (Å²) in [6, 6.07) is 38.5. The first-order valence-corrected chi connectivity index (χ1v) is 16.0. The van der Waals surface area contributed by atoms with E-state index in [2.05, 4.69) is 5.32 Å². The number of ether oxygens (including phenoxy) is 2. The first-order chi connectivity index (χ1) is 23.3. The van der Waals surface area contributed by atoms with Gasteiger partial charge in [-0.05, 0) is 46.5 Å². The van der Waals surface area contributed by atoms with Crippen LogP contribution >= 0.6 is 11.8 Å². The summed E-state index contributed by atoms with van der Waals surface area (Å²) in [5, 5.41) is 13.4. The van der Waals surface area contributed by atoms with Gasteiger partial charge in [-0.25, -0.2) is 4.79 Å². The third-order valence-corrected chi connectivity index (χ3v) is 9.73. The maximum atomic E-state index is 13.3. The minimum Gasteiger partial charge on any atom is -0.455 e. The fourth-order valence-corrected chi connectivity index (χ4v) is 7.50. The number of hydrogen-bond acceptors (Lipinski definition) is 9. The Morgan fingerprint density at radius 2 is 1.40 bits per heavy atom. The van der Waals surface area contributed by atoms with Gasteiger partial charge >= 0.3 is 11.9 Å². The molecule has 1 aliphatic heterocycles. The zero-order valence-corrected chi connectivity index (χ0v) is 26.5. The van der Waals surface area contributed by atoms with E-state index >= 15 is 0 Å². The maximum Gasteiger partial charge on any atom is 0.374 e. The number of esters is 2. The number of rotatable bonds is 12. The van der Waals surface area contributed by atoms with Gasteiger partial charge in [0.25, 0.3) is 5.69 Å². The zero-order valence-electron chi connectivity index (χ0n) is 25.7. The van der Waals surface area contributed by atoms with Crippen molar-refractivity contribution < 1.29 is 33.2 Å². The molecule has 10 nitrogen and oxygen atoms in total. The molecule has 0 saturated carbocycles. The van der Waals surface area contributed by atoms with E-state index in [4.69, 9.17) is 13.9 Å². The van der Waals surface area contributed by atoms with Crippen LogP contribution < -0.4 is 5.32 Å². The molecular formula is C37H30N2O8S. The largest absolute Gasteiger partial charge is 0.455 e. The number of nitro groups is 1. The Balaban J connectivity index is 1.29. The van der Waals surface area contributed by atoms with Crippen LogP contribution in [0.5, 0.6) is 0 Å². The summed E-state index contributed by atoms with van der Waals surface area (Å²) in [5.41, 5.74) is 3.44. The molecule has 0 bridgehead atoms. The lowest BCUT2D eigenvalue weighted by atomic mass is 9.84. The number of hydrogen-bond donors (Lipinski definition) is 1. The summed E-state index contributed by atoms with van der Waals surface area (Å²) in [5.74, 6) is -2.64. The second-order valence-electron chi connectivity index (χ2n) is 11.1. The van der Waals surface area contributed by atoms with Crippen LogP contribution in [0.25, 0.3) is 0 Å². The highest BCUT2D eigenvalue weighted by Crippen LogP contribution is 2.54. The minimum atomic E-state index is -1.13. The van der Waals surface area contributed by atoms with E-state index < -0.39 is 39.0 Å². The van der Waals surface area contributed by atoms with Crippen molar-refractivity contribution in [1.82, 2.24) is 5.32 Å². The second kappa shape index (κ2) is 14.0. The van der Waals surface area contributed by atoms with Gasteiger partial charge in [0.2, 0.25) is 11.7 Å². The second-order valence-corrected chi connectivity index (χ2v) is 12.4. The van der Waals surface area contributed by atoms with Crippen molar-refractivity contribution in [3.05, 3.63) is 171 Å². The quantitative estimate of drug-likeness (QED) is 0.0495. The van der Waals surface area contributed by atoms with E-state index in [-0.39, 0.29) is 29.7 Å². The SMILES string of the molecule is CC(=O)OC(c1ccc(C(=O)OCc2ccc([N+](=O)[O-])cc2)o1)C1C(=O)NC1SC(c1ccccc1)(c1ccccc1)c1ccccc1. The smallest absolute Gasteiger partial charge is 0.374 e. The van der Waals surface area contributed by atoms with Crippen LogP contribution in [0.3, 0.4) is 0 Å². The summed E-state index contributed by atoms with van der Waals surface area (Å²) in [7, 11) is 0. The fraction of sp³-hybridized carbons (Fsp3) is 0.162. The molecule has 0 radical (unpaired) electrons. The molecular weight excluding hydrogens is 632 g/mol. The molecule has 1 N–H and O–H groups in total. The zero-order chi connectivity index (χ0) is 33.7. The standard InChI is InChI=1S/C37H30N2O8S/c1-24(40)46-33(30-21-22-31(47-30)36(42)45-23-25-17-19-29(20-18-25)39(43)44)32-34(41)38-35(32)48-37(26-11-5-2-6-12-26,27-13-7-3-8-14-27)28-15-9-4-10-16-28/h2-22,32-33,35H,23H2,1H3,(H,38,41). The van der Waals surface area contributed by atoms with Gasteiger partial charge in [0.05, 0.1) is 15.0 Å². The highest BCUT2D eigenvalue weighted by molar-refractivity contribution is 8.01. The molecule has 48 heavy (non-hydrogen) atoms. The first-order valence-electron chi connectivity index (χ1n) is 15.1. The maximum absolute atomic E-state index is 13.3. The molecule has 2 heterocycles. The van der Waals surface area contributed by atoms with E-state index in [0.29, 0.717) is 5.56 Å². The van der Waals surface area contributed by atoms with Crippen LogP contribution in [-0.2, 0) is 30.4 Å². The van der Waals surface area contributed by atoms with Crippen molar-refractivity contribution >= 4 is 35.3 Å². The number of nitrogens with zero attached hydrogens (tertiary/aromatic N) is 1. The van der Waals surface area contributed by atoms with E-state index in [1.807, 2.05) is 91.0 Å². The normalized spacial score (nSPS) is 16.2. The van der Waals surface area contributed by atoms with Gasteiger partial charge in [0.1, 0.15) is 18.3 Å². The van der Waals surface area contributed by atoms with Crippen LogP contribution in [0.1, 0.15) is 51.6 Å². The molecule has 3 atom stereocenters. The minimum absolute atomic E-state index is 0.0812. The molecule has 11 heteroatoms. The number of nitrogens with one attached hydrogen (secondary N) is 1. The summed E-state index contributed by atoms with van der Waals surface area (Å²) >= 11 is 1.52. The molecule has 4 aromatic carbocycles. The molecule has 242 valence electrons. The Labute approximate surface area is 280 Å². The van der Waals surface area contributed by atoms with E-state index in [1.165, 1.54) is 55.1 Å². The number of non-ortho nitro benzene ring substituents is 1. The van der Waals surface area contributed by atoms with Crippen molar-refractivity contribution in [3.8, 4) is 0 Å². The molecule has 0 spiro atoms. The van der Waals surface area contributed by atoms with Gasteiger partial charge in [-0.1, -0.05) is 91.0 Å². The number of benzene rings is 4. The van der Waals surface area contributed by atoms with E-state index in [1.54, 1.807) is 0 Å². The monoisotopic (exact) mass is 662 g/mol. The lowest BCUT2D eigenvalue weighted by Gasteiger charge is -2.45. The molecule has 0 aliphatic carbocycles. The van der Waals surface area contributed by atoms with Crippen LogP contribution in [0.4, 0.5) is 5.69 Å². The summed E-state index contributed by atoms with van der Waals surface area (Å²) in [6.07, 6.45) is -1.13. The number of thioether (sulfide) groups is 1. The Hall–Kier alpha value is -5.68. The Morgan fingerprint density at radius 1 is 0.854 bits per heavy atom. The van der Waals surface area contributed by atoms with Crippen LogP contribution in [0.2, 0.25) is 0 Å². The molecule has 1 aromatic heterocycles. The first kappa shape index (κ1) is 32.3. The molecule has 1 fully saturated rings. The fourth-order valence-electron chi connectivity index (χ4n) is 5.72. The lowest BCUT2D eigenvalue weighted by Crippen LogP contribution is -2.60. The average Bonchev–Trinajstić information content (AvgIpc) is 3.60. The molecule has 1 saturated heterocycles. The molecule has 5 aromatic rings. The lowest BCUT2D eigenvalue weighted by molar-refractivity contribution is -0.384. The highest BCUT2D eigenvalue weighted by atomic mass is 32.2. The Kier molecular flexibility index (Phi) is 9.40. The van der Waals surface area contributed by atoms with E-state index in [9.17, 15) is 24.5 Å². The third-order valence-electron chi connectivity index (χ3n) is 8.00. The summed E-state index contributed by atoms with van der Waals surface area (Å²) in [4.78, 5) is 48.9. The van der Waals surface area contributed by atoms with Crippen molar-refractivity contribution in [3.63, 3.8) is 0 Å². The third kappa shape index (κ3) is 6.58. The summed E-state index contributed by atoms with van der Waals surface area (Å²) < 4.78 is 16.2. The number of nitro benzene ring substituents is 1. The number of carbonyl (C=O) groups is 3. The average molecular weight is 663 g/mol. The molecule has 3 unspecified atom stereocenters. The van der Waals surface area contributed by atoms with Gasteiger partial charge < -0.3 is 19.2 Å².